The third-order valence-corrected chi connectivity index (χ3v) is 6.00. The van der Waals surface area contributed by atoms with E-state index >= 15 is 0 Å². The molecule has 1 aromatic carbocycles. The number of benzene rings is 1. The van der Waals surface area contributed by atoms with Crippen LogP contribution in [0.2, 0.25) is 0 Å². The van der Waals surface area contributed by atoms with Gasteiger partial charge in [0.2, 0.25) is 0 Å². The summed E-state index contributed by atoms with van der Waals surface area (Å²) in [6.45, 7) is 9.49. The Bertz CT molecular complexity index is 640. The van der Waals surface area contributed by atoms with Gasteiger partial charge in [-0.15, -0.1) is 0 Å². The maximum absolute atomic E-state index is 12.0. The molecule has 36 heavy (non-hydrogen) atoms. The highest BCUT2D eigenvalue weighted by atomic mass is 16.6. The molecule has 8 heteroatoms. The maximum atomic E-state index is 12.0. The first-order valence-electron chi connectivity index (χ1n) is 13.8. The molecule has 0 saturated carbocycles. The van der Waals surface area contributed by atoms with Gasteiger partial charge in [0.15, 0.2) is 0 Å². The van der Waals surface area contributed by atoms with Crippen molar-refractivity contribution in [3.63, 3.8) is 0 Å². The zero-order valence-corrected chi connectivity index (χ0v) is 23.2. The van der Waals surface area contributed by atoms with E-state index in [1.807, 2.05) is 0 Å². The van der Waals surface area contributed by atoms with Crippen LogP contribution in [0.5, 0.6) is 0 Å². The van der Waals surface area contributed by atoms with E-state index in [1.165, 1.54) is 38.5 Å². The maximum Gasteiger partial charge on any atom is 0.411 e. The van der Waals surface area contributed by atoms with Crippen LogP contribution in [0, 0.1) is 0 Å². The molecular weight excluding hydrogens is 456 g/mol. The lowest BCUT2D eigenvalue weighted by Crippen LogP contribution is -2.21. The van der Waals surface area contributed by atoms with E-state index in [2.05, 4.69) is 48.4 Å². The van der Waals surface area contributed by atoms with Gasteiger partial charge in [-0.1, -0.05) is 39.5 Å². The monoisotopic (exact) mass is 506 g/mol. The number of nitrogens with zero attached hydrogens (tertiary/aromatic N) is 2. The number of nitrogens with one attached hydrogen (secondary N) is 2. The molecule has 0 heterocycles. The van der Waals surface area contributed by atoms with Gasteiger partial charge in [0, 0.05) is 11.4 Å². The Hall–Kier alpha value is -2.32. The van der Waals surface area contributed by atoms with Crippen LogP contribution in [0.3, 0.4) is 0 Å². The molecule has 0 bridgehead atoms. The standard InChI is InChI=1S/C28H50N4O4/c1-5-7-9-19-31(3)21-11-13-23-35-27(33)29-25-15-17-26(18-16-25)30-28(34)36-24-14-12-22-32(4)20-10-8-6-2/h15-18H,5-14,19-24H2,1-4H3,(H,29,33)(H,30,34). The Labute approximate surface area is 219 Å². The van der Waals surface area contributed by atoms with Crippen molar-refractivity contribution in [1.82, 2.24) is 9.80 Å². The number of unbranched alkanes of at least 4 members (excludes halogenated alkanes) is 6. The van der Waals surface area contributed by atoms with Crippen LogP contribution in [-0.4, -0.2) is 75.5 Å². The predicted molar refractivity (Wildman–Crippen MR) is 149 cm³/mol. The topological polar surface area (TPSA) is 83.1 Å². The van der Waals surface area contributed by atoms with Gasteiger partial charge >= 0.3 is 12.2 Å². The Morgan fingerprint density at radius 3 is 1.28 bits per heavy atom. The smallest absolute Gasteiger partial charge is 0.411 e. The van der Waals surface area contributed by atoms with Crippen LogP contribution in [0.4, 0.5) is 21.0 Å². The number of anilines is 2. The highest BCUT2D eigenvalue weighted by Crippen LogP contribution is 2.14. The molecule has 0 unspecified atom stereocenters. The van der Waals surface area contributed by atoms with Crippen LogP contribution in [0.15, 0.2) is 24.3 Å². The van der Waals surface area contributed by atoms with E-state index in [0.29, 0.717) is 24.6 Å². The van der Waals surface area contributed by atoms with Crippen molar-refractivity contribution >= 4 is 23.6 Å². The van der Waals surface area contributed by atoms with Crippen LogP contribution in [0.25, 0.3) is 0 Å². The molecule has 0 aromatic heterocycles. The summed E-state index contributed by atoms with van der Waals surface area (Å²) in [5.74, 6) is 0. The highest BCUT2D eigenvalue weighted by molar-refractivity contribution is 5.87. The van der Waals surface area contributed by atoms with Crippen LogP contribution in [-0.2, 0) is 9.47 Å². The van der Waals surface area contributed by atoms with E-state index in [0.717, 1.165) is 51.9 Å². The second kappa shape index (κ2) is 20.8. The first-order chi connectivity index (χ1) is 17.4. The summed E-state index contributed by atoms with van der Waals surface area (Å²) in [5.41, 5.74) is 1.22. The Morgan fingerprint density at radius 2 is 0.944 bits per heavy atom. The van der Waals surface area contributed by atoms with Crippen molar-refractivity contribution in [3.05, 3.63) is 24.3 Å². The molecule has 8 nitrogen and oxygen atoms in total. The summed E-state index contributed by atoms with van der Waals surface area (Å²) in [7, 11) is 4.27. The van der Waals surface area contributed by atoms with Crippen molar-refractivity contribution < 1.29 is 19.1 Å². The van der Waals surface area contributed by atoms with Crippen LogP contribution < -0.4 is 10.6 Å². The number of rotatable bonds is 20. The molecule has 0 aliphatic rings. The van der Waals surface area contributed by atoms with Gasteiger partial charge < -0.3 is 19.3 Å². The van der Waals surface area contributed by atoms with Crippen molar-refractivity contribution in [2.75, 3.05) is 64.1 Å². The minimum atomic E-state index is -0.470. The lowest BCUT2D eigenvalue weighted by atomic mass is 10.2. The molecule has 206 valence electrons. The van der Waals surface area contributed by atoms with E-state index in [1.54, 1.807) is 24.3 Å². The molecule has 2 N–H and O–H groups in total. The third kappa shape index (κ3) is 17.2. The van der Waals surface area contributed by atoms with E-state index in [-0.39, 0.29) is 0 Å². The average Bonchev–Trinajstić information content (AvgIpc) is 2.85. The quantitative estimate of drug-likeness (QED) is 0.194. The van der Waals surface area contributed by atoms with Gasteiger partial charge in [-0.3, -0.25) is 10.6 Å². The molecular formula is C28H50N4O4. The Balaban J connectivity index is 2.12. The zero-order chi connectivity index (χ0) is 26.4. The fourth-order valence-electron chi connectivity index (χ4n) is 3.73. The summed E-state index contributed by atoms with van der Waals surface area (Å²) in [6.07, 6.45) is 10.2. The van der Waals surface area contributed by atoms with Gasteiger partial charge in [-0.25, -0.2) is 9.59 Å². The predicted octanol–water partition coefficient (Wildman–Crippen LogP) is 6.59. The average molecular weight is 507 g/mol. The number of carbonyl (C=O) groups is 2. The van der Waals surface area contributed by atoms with Gasteiger partial charge in [0.1, 0.15) is 0 Å². The molecule has 0 aliphatic heterocycles. The lowest BCUT2D eigenvalue weighted by molar-refractivity contribution is 0.156. The summed E-state index contributed by atoms with van der Waals surface area (Å²) in [5, 5.41) is 5.42. The van der Waals surface area contributed by atoms with Gasteiger partial charge in [0.05, 0.1) is 13.2 Å². The van der Waals surface area contributed by atoms with E-state index in [9.17, 15) is 9.59 Å². The highest BCUT2D eigenvalue weighted by Gasteiger charge is 2.06. The van der Waals surface area contributed by atoms with Crippen LogP contribution >= 0.6 is 0 Å². The van der Waals surface area contributed by atoms with Crippen molar-refractivity contribution in [2.24, 2.45) is 0 Å². The summed E-state index contributed by atoms with van der Waals surface area (Å²) in [6, 6.07) is 6.88. The molecule has 0 saturated heterocycles. The van der Waals surface area contributed by atoms with E-state index in [4.69, 9.17) is 9.47 Å². The van der Waals surface area contributed by atoms with Gasteiger partial charge in [0.25, 0.3) is 0 Å². The number of ether oxygens (including phenoxy) is 2. The second-order valence-electron chi connectivity index (χ2n) is 9.53. The molecule has 0 aliphatic carbocycles. The summed E-state index contributed by atoms with van der Waals surface area (Å²) in [4.78, 5) is 28.6. The zero-order valence-electron chi connectivity index (χ0n) is 23.2. The molecule has 0 spiro atoms. The summed E-state index contributed by atoms with van der Waals surface area (Å²) < 4.78 is 10.5. The first kappa shape index (κ1) is 31.7. The van der Waals surface area contributed by atoms with Crippen molar-refractivity contribution in [3.8, 4) is 0 Å². The molecule has 2 amide bonds. The molecule has 1 rings (SSSR count). The fraction of sp³-hybridized carbons (Fsp3) is 0.714. The van der Waals surface area contributed by atoms with E-state index < -0.39 is 12.2 Å². The molecule has 0 atom stereocenters. The number of hydrogen-bond acceptors (Lipinski definition) is 6. The van der Waals surface area contributed by atoms with Gasteiger partial charge in [-0.2, -0.15) is 0 Å². The van der Waals surface area contributed by atoms with Gasteiger partial charge in [-0.05, 0) is 103 Å². The summed E-state index contributed by atoms with van der Waals surface area (Å²) >= 11 is 0. The molecule has 0 fully saturated rings. The Kier molecular flexibility index (Phi) is 18.3. The third-order valence-electron chi connectivity index (χ3n) is 6.00. The minimum absolute atomic E-state index is 0.398. The largest absolute Gasteiger partial charge is 0.449 e. The Morgan fingerprint density at radius 1 is 0.611 bits per heavy atom. The minimum Gasteiger partial charge on any atom is -0.449 e. The number of amides is 2. The SMILES string of the molecule is CCCCCN(C)CCCCOC(=O)Nc1ccc(NC(=O)OCCCCN(C)CCCCC)cc1. The van der Waals surface area contributed by atoms with Crippen LogP contribution in [0.1, 0.15) is 78.1 Å². The molecule has 0 radical (unpaired) electrons. The fourth-order valence-corrected chi connectivity index (χ4v) is 3.73. The normalized spacial score (nSPS) is 11.1. The van der Waals surface area contributed by atoms with Crippen molar-refractivity contribution in [2.45, 2.75) is 78.1 Å². The second-order valence-corrected chi connectivity index (χ2v) is 9.53. The number of carbonyl (C=O) groups excluding carboxylic acids is 2. The number of hydrogen-bond donors (Lipinski definition) is 2. The lowest BCUT2D eigenvalue weighted by Gasteiger charge is -2.16. The molecule has 1 aromatic rings. The first-order valence-corrected chi connectivity index (χ1v) is 13.8. The van der Waals surface area contributed by atoms with Crippen molar-refractivity contribution in [1.29, 1.82) is 0 Å².